The Morgan fingerprint density at radius 1 is 1.30 bits per heavy atom. The van der Waals surface area contributed by atoms with Gasteiger partial charge in [-0.3, -0.25) is 9.52 Å². The zero-order valence-corrected chi connectivity index (χ0v) is 13.5. The van der Waals surface area contributed by atoms with Crippen LogP contribution in [0.5, 0.6) is 0 Å². The van der Waals surface area contributed by atoms with Crippen molar-refractivity contribution < 1.29 is 26.7 Å². The van der Waals surface area contributed by atoms with Gasteiger partial charge in [0.15, 0.2) is 0 Å². The van der Waals surface area contributed by atoms with Crippen molar-refractivity contribution in [3.63, 3.8) is 0 Å². The van der Waals surface area contributed by atoms with Crippen LogP contribution in [0.15, 0.2) is 12.1 Å². The standard InChI is InChI=1S/C13H19F2N3O4S/c1-3-4-23(20,21)18-12-6-11(8(14)5-9(12)15)17-13(19)10(16)7-22-2/h5-6,10,18H,3-4,7,16H2,1-2H3,(H,17,19). The summed E-state index contributed by atoms with van der Waals surface area (Å²) in [4.78, 5) is 11.7. The highest BCUT2D eigenvalue weighted by Crippen LogP contribution is 2.24. The first kappa shape index (κ1) is 19.3. The van der Waals surface area contributed by atoms with Crippen molar-refractivity contribution in [1.82, 2.24) is 0 Å². The van der Waals surface area contributed by atoms with Gasteiger partial charge in [-0.25, -0.2) is 17.2 Å². The molecule has 0 fully saturated rings. The molecule has 0 bridgehead atoms. The number of hydrogen-bond acceptors (Lipinski definition) is 5. The lowest BCUT2D eigenvalue weighted by Gasteiger charge is -2.14. The summed E-state index contributed by atoms with van der Waals surface area (Å²) in [5, 5.41) is 2.16. The third kappa shape index (κ3) is 5.73. The van der Waals surface area contributed by atoms with Crippen LogP contribution in [-0.4, -0.2) is 39.8 Å². The van der Waals surface area contributed by atoms with Crippen LogP contribution in [0.25, 0.3) is 0 Å². The van der Waals surface area contributed by atoms with Gasteiger partial charge in [-0.05, 0) is 12.5 Å². The van der Waals surface area contributed by atoms with E-state index >= 15 is 0 Å². The van der Waals surface area contributed by atoms with Crippen LogP contribution in [0.1, 0.15) is 13.3 Å². The largest absolute Gasteiger partial charge is 0.383 e. The van der Waals surface area contributed by atoms with Gasteiger partial charge in [0.05, 0.1) is 23.7 Å². The molecular formula is C13H19F2N3O4S. The Kier molecular flexibility index (Phi) is 6.85. The Labute approximate surface area is 133 Å². The molecule has 1 rings (SSSR count). The fourth-order valence-corrected chi connectivity index (χ4v) is 2.82. The predicted octanol–water partition coefficient (Wildman–Crippen LogP) is 1.03. The minimum absolute atomic E-state index is 0.0926. The highest BCUT2D eigenvalue weighted by atomic mass is 32.2. The van der Waals surface area contributed by atoms with Gasteiger partial charge in [0.25, 0.3) is 0 Å². The number of carbonyl (C=O) groups is 1. The fourth-order valence-electron chi connectivity index (χ4n) is 1.69. The number of hydrogen-bond donors (Lipinski definition) is 3. The lowest BCUT2D eigenvalue weighted by molar-refractivity contribution is -0.118. The number of methoxy groups -OCH3 is 1. The zero-order chi connectivity index (χ0) is 17.6. The van der Waals surface area contributed by atoms with Gasteiger partial charge in [-0.1, -0.05) is 6.92 Å². The van der Waals surface area contributed by atoms with Gasteiger partial charge in [-0.2, -0.15) is 0 Å². The molecule has 1 aromatic carbocycles. The topological polar surface area (TPSA) is 111 Å². The second kappa shape index (κ2) is 8.18. The Balaban J connectivity index is 3.02. The molecule has 10 heteroatoms. The molecule has 0 aliphatic rings. The van der Waals surface area contributed by atoms with Crippen molar-refractivity contribution in [3.05, 3.63) is 23.8 Å². The van der Waals surface area contributed by atoms with E-state index in [1.54, 1.807) is 6.92 Å². The Morgan fingerprint density at radius 2 is 1.91 bits per heavy atom. The van der Waals surface area contributed by atoms with Crippen LogP contribution in [0, 0.1) is 11.6 Å². The number of nitrogens with one attached hydrogen (secondary N) is 2. The van der Waals surface area contributed by atoms with Crippen LogP contribution in [0.4, 0.5) is 20.2 Å². The van der Waals surface area contributed by atoms with E-state index in [1.165, 1.54) is 7.11 Å². The number of sulfonamides is 1. The van der Waals surface area contributed by atoms with Crippen molar-refractivity contribution in [2.24, 2.45) is 5.73 Å². The van der Waals surface area contributed by atoms with E-state index in [2.05, 4.69) is 5.32 Å². The molecule has 1 amide bonds. The first-order valence-corrected chi connectivity index (χ1v) is 8.40. The molecule has 4 N–H and O–H groups in total. The van der Waals surface area contributed by atoms with Crippen molar-refractivity contribution in [1.29, 1.82) is 0 Å². The zero-order valence-electron chi connectivity index (χ0n) is 12.7. The van der Waals surface area contributed by atoms with Crippen LogP contribution >= 0.6 is 0 Å². The molecule has 130 valence electrons. The summed E-state index contributed by atoms with van der Waals surface area (Å²) in [5.41, 5.74) is 4.64. The number of anilines is 2. The maximum absolute atomic E-state index is 13.7. The third-order valence-corrected chi connectivity index (χ3v) is 4.21. The number of halogens is 2. The number of amides is 1. The molecule has 0 spiro atoms. The normalized spacial score (nSPS) is 12.7. The van der Waals surface area contributed by atoms with Gasteiger partial charge in [0, 0.05) is 13.2 Å². The highest BCUT2D eigenvalue weighted by molar-refractivity contribution is 7.92. The average molecular weight is 351 g/mol. The molecule has 1 aromatic rings. The van der Waals surface area contributed by atoms with Gasteiger partial charge in [0.2, 0.25) is 15.9 Å². The molecule has 0 saturated carbocycles. The van der Waals surface area contributed by atoms with E-state index in [0.29, 0.717) is 12.5 Å². The van der Waals surface area contributed by atoms with Crippen LogP contribution in [0.2, 0.25) is 0 Å². The van der Waals surface area contributed by atoms with Gasteiger partial charge >= 0.3 is 0 Å². The molecule has 0 aromatic heterocycles. The van der Waals surface area contributed by atoms with E-state index in [-0.39, 0.29) is 12.4 Å². The Morgan fingerprint density at radius 3 is 2.48 bits per heavy atom. The first-order chi connectivity index (χ1) is 10.7. The summed E-state index contributed by atoms with van der Waals surface area (Å²) in [6, 6.07) is 0.279. The predicted molar refractivity (Wildman–Crippen MR) is 82.5 cm³/mol. The van der Waals surface area contributed by atoms with E-state index in [9.17, 15) is 22.0 Å². The van der Waals surface area contributed by atoms with E-state index < -0.39 is 45.0 Å². The maximum Gasteiger partial charge on any atom is 0.243 e. The number of benzene rings is 1. The van der Waals surface area contributed by atoms with Crippen LogP contribution in [-0.2, 0) is 19.6 Å². The van der Waals surface area contributed by atoms with Gasteiger partial charge < -0.3 is 15.8 Å². The molecule has 7 nitrogen and oxygen atoms in total. The van der Waals surface area contributed by atoms with Crippen molar-refractivity contribution in [3.8, 4) is 0 Å². The third-order valence-electron chi connectivity index (χ3n) is 2.74. The molecule has 1 atom stereocenters. The second-order valence-corrected chi connectivity index (χ2v) is 6.63. The van der Waals surface area contributed by atoms with Crippen molar-refractivity contribution in [2.75, 3.05) is 29.5 Å². The Bertz CT molecular complexity index is 667. The molecular weight excluding hydrogens is 332 g/mol. The lowest BCUT2D eigenvalue weighted by Crippen LogP contribution is -2.39. The second-order valence-electron chi connectivity index (χ2n) is 4.78. The van der Waals surface area contributed by atoms with Crippen molar-refractivity contribution >= 4 is 27.3 Å². The lowest BCUT2D eigenvalue weighted by atomic mass is 10.2. The summed E-state index contributed by atoms with van der Waals surface area (Å²) in [6.07, 6.45) is 0.327. The fraction of sp³-hybridized carbons (Fsp3) is 0.462. The molecule has 0 saturated heterocycles. The van der Waals surface area contributed by atoms with Crippen LogP contribution < -0.4 is 15.8 Å². The smallest absolute Gasteiger partial charge is 0.243 e. The molecule has 0 heterocycles. The summed E-state index contributed by atoms with van der Waals surface area (Å²) >= 11 is 0. The number of nitrogens with two attached hydrogens (primary N) is 1. The summed E-state index contributed by atoms with van der Waals surface area (Å²) in [6.45, 7) is 1.55. The first-order valence-electron chi connectivity index (χ1n) is 6.75. The van der Waals surface area contributed by atoms with E-state index in [0.717, 1.165) is 6.07 Å². The maximum atomic E-state index is 13.7. The number of carbonyl (C=O) groups excluding carboxylic acids is 1. The van der Waals surface area contributed by atoms with Crippen LogP contribution in [0.3, 0.4) is 0 Å². The van der Waals surface area contributed by atoms with Gasteiger partial charge in [0.1, 0.15) is 17.7 Å². The minimum atomic E-state index is -3.76. The molecule has 1 unspecified atom stereocenters. The molecule has 0 aliphatic carbocycles. The average Bonchev–Trinajstić information content (AvgIpc) is 2.43. The summed E-state index contributed by atoms with van der Waals surface area (Å²) in [7, 11) is -2.42. The minimum Gasteiger partial charge on any atom is -0.383 e. The summed E-state index contributed by atoms with van der Waals surface area (Å²) < 4.78 is 57.5. The molecule has 0 aliphatic heterocycles. The molecule has 0 radical (unpaired) electrons. The number of ether oxygens (including phenoxy) is 1. The van der Waals surface area contributed by atoms with E-state index in [1.807, 2.05) is 4.72 Å². The Hall–Kier alpha value is -1.78. The monoisotopic (exact) mass is 351 g/mol. The molecule has 23 heavy (non-hydrogen) atoms. The van der Waals surface area contributed by atoms with Crippen molar-refractivity contribution in [2.45, 2.75) is 19.4 Å². The quantitative estimate of drug-likeness (QED) is 0.648. The summed E-state index contributed by atoms with van der Waals surface area (Å²) in [5.74, 6) is -3.12. The highest BCUT2D eigenvalue weighted by Gasteiger charge is 2.19. The van der Waals surface area contributed by atoms with Gasteiger partial charge in [-0.15, -0.1) is 0 Å². The van der Waals surface area contributed by atoms with E-state index in [4.69, 9.17) is 10.5 Å². The SMILES string of the molecule is CCCS(=O)(=O)Nc1cc(NC(=O)C(N)COC)c(F)cc1F. The number of rotatable bonds is 8.